The van der Waals surface area contributed by atoms with Crippen LogP contribution in [0.1, 0.15) is 54.4 Å². The number of amides is 1. The monoisotopic (exact) mass is 465 g/mol. The maximum Gasteiger partial charge on any atom is 0.232 e. The molecule has 0 saturated carbocycles. The molecule has 1 amide bonds. The van der Waals surface area contributed by atoms with E-state index in [-0.39, 0.29) is 5.91 Å². The molecule has 4 nitrogen and oxygen atoms in total. The fraction of sp³-hybridized carbons (Fsp3) is 0.500. The predicted molar refractivity (Wildman–Crippen MR) is 134 cm³/mol. The highest BCUT2D eigenvalue weighted by molar-refractivity contribution is 8.00. The van der Waals surface area contributed by atoms with Gasteiger partial charge in [-0.25, -0.2) is 9.97 Å². The van der Waals surface area contributed by atoms with E-state index in [9.17, 15) is 4.79 Å². The lowest BCUT2D eigenvalue weighted by molar-refractivity contribution is -0.129. The Morgan fingerprint density at radius 3 is 2.69 bits per heavy atom. The number of nitrogens with zero attached hydrogens (tertiary/aromatic N) is 3. The molecule has 0 atom stereocenters. The number of fused-ring (bicyclic) bond motifs is 3. The molecule has 3 aromatic rings. The van der Waals surface area contributed by atoms with Crippen LogP contribution in [0.5, 0.6) is 0 Å². The van der Waals surface area contributed by atoms with Crippen LogP contribution < -0.4 is 0 Å². The molecule has 1 aliphatic heterocycles. The average Bonchev–Trinajstić information content (AvgIpc) is 3.21. The van der Waals surface area contributed by atoms with Gasteiger partial charge in [-0.15, -0.1) is 11.3 Å². The standard InChI is InChI=1S/C26H31N3OS2/c1-18-13-15-29(16-14-18)23(30)17-31-25-24-20-9-5-6-10-21(20)32-26(24)28-22(27-25)12-11-19-7-3-2-4-8-19/h2-4,7-8,18H,5-6,9-17H2,1H3. The molecule has 2 aromatic heterocycles. The van der Waals surface area contributed by atoms with E-state index in [0.717, 1.165) is 73.2 Å². The summed E-state index contributed by atoms with van der Waals surface area (Å²) in [4.78, 5) is 27.5. The number of rotatable bonds is 6. The summed E-state index contributed by atoms with van der Waals surface area (Å²) in [5, 5.41) is 2.26. The Kier molecular flexibility index (Phi) is 6.79. The smallest absolute Gasteiger partial charge is 0.232 e. The Bertz CT molecular complexity index is 1090. The van der Waals surface area contributed by atoms with E-state index in [0.29, 0.717) is 5.75 Å². The van der Waals surface area contributed by atoms with Gasteiger partial charge in [0.05, 0.1) is 5.75 Å². The summed E-state index contributed by atoms with van der Waals surface area (Å²) in [5.41, 5.74) is 2.76. The van der Waals surface area contributed by atoms with Crippen LogP contribution in [-0.4, -0.2) is 39.6 Å². The van der Waals surface area contributed by atoms with Crippen LogP contribution >= 0.6 is 23.1 Å². The summed E-state index contributed by atoms with van der Waals surface area (Å²) >= 11 is 3.48. The van der Waals surface area contributed by atoms with Crippen molar-refractivity contribution < 1.29 is 4.79 Å². The first-order valence-corrected chi connectivity index (χ1v) is 13.7. The zero-order valence-corrected chi connectivity index (χ0v) is 20.4. The van der Waals surface area contributed by atoms with Gasteiger partial charge < -0.3 is 4.90 Å². The molecule has 1 aliphatic carbocycles. The van der Waals surface area contributed by atoms with Gasteiger partial charge in [0.2, 0.25) is 5.91 Å². The van der Waals surface area contributed by atoms with Crippen molar-refractivity contribution in [2.24, 2.45) is 5.92 Å². The maximum atomic E-state index is 12.9. The molecule has 0 unspecified atom stereocenters. The molecule has 168 valence electrons. The maximum absolute atomic E-state index is 12.9. The first kappa shape index (κ1) is 21.9. The molecule has 0 N–H and O–H groups in total. The molecular formula is C26H31N3OS2. The summed E-state index contributed by atoms with van der Waals surface area (Å²) in [6, 6.07) is 10.5. The zero-order chi connectivity index (χ0) is 21.9. The Morgan fingerprint density at radius 1 is 1.09 bits per heavy atom. The molecule has 2 aliphatic rings. The molecule has 6 heteroatoms. The molecule has 0 bridgehead atoms. The molecule has 1 fully saturated rings. The van der Waals surface area contributed by atoms with Crippen LogP contribution in [0.25, 0.3) is 10.2 Å². The van der Waals surface area contributed by atoms with Gasteiger partial charge in [-0.3, -0.25) is 4.79 Å². The number of thioether (sulfide) groups is 1. The summed E-state index contributed by atoms with van der Waals surface area (Å²) in [5.74, 6) is 2.37. The van der Waals surface area contributed by atoms with Gasteiger partial charge in [0.25, 0.3) is 0 Å². The van der Waals surface area contributed by atoms with Crippen molar-refractivity contribution in [2.45, 2.75) is 63.3 Å². The van der Waals surface area contributed by atoms with Gasteiger partial charge >= 0.3 is 0 Å². The van der Waals surface area contributed by atoms with Gasteiger partial charge in [0.15, 0.2) is 0 Å². The minimum Gasteiger partial charge on any atom is -0.342 e. The number of likely N-dealkylation sites (tertiary alicyclic amines) is 1. The molecule has 32 heavy (non-hydrogen) atoms. The van der Waals surface area contributed by atoms with Crippen molar-refractivity contribution in [1.82, 2.24) is 14.9 Å². The number of piperidine rings is 1. The van der Waals surface area contributed by atoms with Crippen molar-refractivity contribution in [3.05, 3.63) is 52.2 Å². The summed E-state index contributed by atoms with van der Waals surface area (Å²) in [6.07, 6.45) is 8.79. The second kappa shape index (κ2) is 9.92. The van der Waals surface area contributed by atoms with Crippen molar-refractivity contribution in [3.63, 3.8) is 0 Å². The molecule has 1 saturated heterocycles. The van der Waals surface area contributed by atoms with Gasteiger partial charge in [-0.2, -0.15) is 0 Å². The van der Waals surface area contributed by atoms with E-state index in [1.54, 1.807) is 11.8 Å². The first-order valence-electron chi connectivity index (χ1n) is 11.9. The summed E-state index contributed by atoms with van der Waals surface area (Å²) < 4.78 is 0. The lowest BCUT2D eigenvalue weighted by Crippen LogP contribution is -2.38. The van der Waals surface area contributed by atoms with Gasteiger partial charge in [0, 0.05) is 29.8 Å². The third kappa shape index (κ3) is 4.86. The van der Waals surface area contributed by atoms with Crippen LogP contribution in [-0.2, 0) is 30.5 Å². The van der Waals surface area contributed by atoms with Gasteiger partial charge in [-0.1, -0.05) is 49.0 Å². The third-order valence-electron chi connectivity index (χ3n) is 6.78. The van der Waals surface area contributed by atoms with E-state index < -0.39 is 0 Å². The van der Waals surface area contributed by atoms with Crippen molar-refractivity contribution in [2.75, 3.05) is 18.8 Å². The Balaban J connectivity index is 1.38. The molecule has 0 radical (unpaired) electrons. The Hall–Kier alpha value is -1.92. The fourth-order valence-corrected chi connectivity index (χ4v) is 7.08. The van der Waals surface area contributed by atoms with Crippen LogP contribution in [0.4, 0.5) is 0 Å². The minimum absolute atomic E-state index is 0.253. The van der Waals surface area contributed by atoms with Crippen LogP contribution in [0, 0.1) is 5.92 Å². The Labute approximate surface area is 198 Å². The van der Waals surface area contributed by atoms with Crippen LogP contribution in [0.15, 0.2) is 35.4 Å². The second-order valence-electron chi connectivity index (χ2n) is 9.17. The van der Waals surface area contributed by atoms with E-state index in [1.165, 1.54) is 34.2 Å². The number of benzene rings is 1. The third-order valence-corrected chi connectivity index (χ3v) is 8.92. The van der Waals surface area contributed by atoms with Crippen LogP contribution in [0.2, 0.25) is 0 Å². The fourth-order valence-electron chi connectivity index (χ4n) is 4.76. The Morgan fingerprint density at radius 2 is 1.88 bits per heavy atom. The predicted octanol–water partition coefficient (Wildman–Crippen LogP) is 5.71. The summed E-state index contributed by atoms with van der Waals surface area (Å²) in [7, 11) is 0. The quantitative estimate of drug-likeness (QED) is 0.346. The van der Waals surface area contributed by atoms with E-state index >= 15 is 0 Å². The largest absolute Gasteiger partial charge is 0.342 e. The highest BCUT2D eigenvalue weighted by Gasteiger charge is 2.24. The summed E-state index contributed by atoms with van der Waals surface area (Å²) in [6.45, 7) is 4.08. The molecule has 0 spiro atoms. The highest BCUT2D eigenvalue weighted by atomic mass is 32.2. The lowest BCUT2D eigenvalue weighted by atomic mass is 9.97. The number of aromatic nitrogens is 2. The topological polar surface area (TPSA) is 46.1 Å². The van der Waals surface area contributed by atoms with E-state index in [4.69, 9.17) is 9.97 Å². The van der Waals surface area contributed by atoms with Crippen LogP contribution in [0.3, 0.4) is 0 Å². The lowest BCUT2D eigenvalue weighted by Gasteiger charge is -2.30. The number of hydrogen-bond acceptors (Lipinski definition) is 5. The molecular weight excluding hydrogens is 434 g/mol. The van der Waals surface area contributed by atoms with E-state index in [2.05, 4.69) is 37.3 Å². The van der Waals surface area contributed by atoms with Crippen molar-refractivity contribution >= 4 is 39.2 Å². The highest BCUT2D eigenvalue weighted by Crippen LogP contribution is 2.40. The van der Waals surface area contributed by atoms with Crippen molar-refractivity contribution in [1.29, 1.82) is 0 Å². The normalized spacial score (nSPS) is 17.0. The molecule has 5 rings (SSSR count). The SMILES string of the molecule is CC1CCN(C(=O)CSc2nc(CCc3ccccc3)nc3sc4c(c23)CCCC4)CC1. The minimum atomic E-state index is 0.253. The van der Waals surface area contributed by atoms with E-state index in [1.807, 2.05) is 16.2 Å². The number of hydrogen-bond donors (Lipinski definition) is 0. The zero-order valence-electron chi connectivity index (χ0n) is 18.8. The van der Waals surface area contributed by atoms with Gasteiger partial charge in [-0.05, 0) is 62.0 Å². The number of thiophene rings is 1. The average molecular weight is 466 g/mol. The number of aryl methyl sites for hydroxylation is 4. The first-order chi connectivity index (χ1) is 15.7. The number of carbonyl (C=O) groups is 1. The van der Waals surface area contributed by atoms with Gasteiger partial charge in [0.1, 0.15) is 15.7 Å². The second-order valence-corrected chi connectivity index (χ2v) is 11.2. The van der Waals surface area contributed by atoms with Crippen molar-refractivity contribution in [3.8, 4) is 0 Å². The molecule has 1 aromatic carbocycles. The number of carbonyl (C=O) groups excluding carboxylic acids is 1. The molecule has 3 heterocycles.